The number of hydrogen-bond donors (Lipinski definition) is 1. The van der Waals surface area contributed by atoms with Crippen molar-refractivity contribution >= 4 is 0 Å². The Morgan fingerprint density at radius 2 is 1.80 bits per heavy atom. The molecule has 1 heteroatoms. The average Bonchev–Trinajstić information content (AvgIpc) is 1.80. The molecule has 10 heavy (non-hydrogen) atoms. The summed E-state index contributed by atoms with van der Waals surface area (Å²) in [7, 11) is 1.92. The topological polar surface area (TPSA) is 12.0 Å². The van der Waals surface area contributed by atoms with E-state index in [1.54, 1.807) is 0 Å². The zero-order valence-electron chi connectivity index (χ0n) is 7.73. The first-order valence-electron chi connectivity index (χ1n) is 3.82. The van der Waals surface area contributed by atoms with Crippen molar-refractivity contribution in [2.24, 2.45) is 11.3 Å². The summed E-state index contributed by atoms with van der Waals surface area (Å²) >= 11 is 0. The van der Waals surface area contributed by atoms with Crippen LogP contribution in [0.2, 0.25) is 0 Å². The summed E-state index contributed by atoms with van der Waals surface area (Å²) in [6.07, 6.45) is 4.19. The Balaban J connectivity index is 3.84. The summed E-state index contributed by atoms with van der Waals surface area (Å²) in [4.78, 5) is 0. The van der Waals surface area contributed by atoms with E-state index >= 15 is 0 Å². The maximum absolute atomic E-state index is 2.99. The molecule has 0 rings (SSSR count). The molecule has 0 aliphatic carbocycles. The molecule has 0 aromatic carbocycles. The molecule has 0 saturated heterocycles. The first kappa shape index (κ1) is 9.54. The van der Waals surface area contributed by atoms with E-state index in [0.29, 0.717) is 11.3 Å². The van der Waals surface area contributed by atoms with Crippen LogP contribution in [-0.2, 0) is 0 Å². The molecular formula is C9H19N. The molecule has 0 spiro atoms. The Morgan fingerprint density at radius 1 is 1.30 bits per heavy atom. The molecule has 0 saturated carbocycles. The minimum Gasteiger partial charge on any atom is -0.394 e. The molecule has 0 amide bonds. The predicted molar refractivity (Wildman–Crippen MR) is 46.8 cm³/mol. The lowest BCUT2D eigenvalue weighted by molar-refractivity contribution is 0.314. The number of hydrogen-bond acceptors (Lipinski definition) is 1. The van der Waals surface area contributed by atoms with Gasteiger partial charge in [0.15, 0.2) is 0 Å². The molecule has 0 aliphatic heterocycles. The molecule has 0 unspecified atom stereocenters. The highest BCUT2D eigenvalue weighted by molar-refractivity contribution is 4.89. The van der Waals surface area contributed by atoms with Crippen LogP contribution in [0, 0.1) is 11.3 Å². The molecule has 0 fully saturated rings. The van der Waals surface area contributed by atoms with Crippen molar-refractivity contribution in [1.82, 2.24) is 5.32 Å². The fraction of sp³-hybridized carbons (Fsp3) is 0.778. The van der Waals surface area contributed by atoms with E-state index < -0.39 is 0 Å². The summed E-state index contributed by atoms with van der Waals surface area (Å²) < 4.78 is 0. The Labute approximate surface area is 64.5 Å². The lowest BCUT2D eigenvalue weighted by atomic mass is 9.82. The van der Waals surface area contributed by atoms with E-state index in [4.69, 9.17) is 0 Å². The molecule has 0 heterocycles. The minimum atomic E-state index is 0.382. The summed E-state index contributed by atoms with van der Waals surface area (Å²) in [5.74, 6) is 0.625. The van der Waals surface area contributed by atoms with Crippen LogP contribution in [0.4, 0.5) is 0 Å². The lowest BCUT2D eigenvalue weighted by Crippen LogP contribution is -2.15. The third-order valence-corrected chi connectivity index (χ3v) is 1.92. The molecule has 0 aliphatic rings. The van der Waals surface area contributed by atoms with Gasteiger partial charge < -0.3 is 5.32 Å². The van der Waals surface area contributed by atoms with Crippen molar-refractivity contribution in [3.05, 3.63) is 12.3 Å². The second-order valence-corrected chi connectivity index (χ2v) is 3.80. The van der Waals surface area contributed by atoms with Crippen LogP contribution < -0.4 is 5.32 Å². The van der Waals surface area contributed by atoms with Gasteiger partial charge in [-0.05, 0) is 17.5 Å². The molecule has 0 aromatic rings. The SMILES string of the molecule is CN/C=C/[C@@H](C)C(C)(C)C. The van der Waals surface area contributed by atoms with Crippen LogP contribution in [0.3, 0.4) is 0 Å². The van der Waals surface area contributed by atoms with Gasteiger partial charge in [-0.1, -0.05) is 33.8 Å². The second kappa shape index (κ2) is 3.65. The standard InChI is InChI=1S/C9H19N/c1-8(6-7-10-5)9(2,3)4/h6-8,10H,1-5H3/b7-6+/t8-/m1/s1. The number of allylic oxidation sites excluding steroid dienone is 1. The Bertz CT molecular complexity index is 108. The smallest absolute Gasteiger partial charge is 0.00276 e. The third-order valence-electron chi connectivity index (χ3n) is 1.92. The van der Waals surface area contributed by atoms with Gasteiger partial charge in [0.05, 0.1) is 0 Å². The summed E-state index contributed by atoms with van der Waals surface area (Å²) in [5.41, 5.74) is 0.382. The predicted octanol–water partition coefficient (Wildman–Crippen LogP) is 2.40. The maximum atomic E-state index is 2.99. The van der Waals surface area contributed by atoms with Crippen LogP contribution in [0.5, 0.6) is 0 Å². The van der Waals surface area contributed by atoms with Gasteiger partial charge in [0.25, 0.3) is 0 Å². The van der Waals surface area contributed by atoms with Gasteiger partial charge in [0, 0.05) is 7.05 Å². The average molecular weight is 141 g/mol. The van der Waals surface area contributed by atoms with Crippen molar-refractivity contribution in [2.45, 2.75) is 27.7 Å². The molecule has 0 bridgehead atoms. The number of rotatable bonds is 2. The van der Waals surface area contributed by atoms with Crippen molar-refractivity contribution in [1.29, 1.82) is 0 Å². The monoisotopic (exact) mass is 141 g/mol. The van der Waals surface area contributed by atoms with E-state index in [-0.39, 0.29) is 0 Å². The van der Waals surface area contributed by atoms with Crippen LogP contribution in [0.25, 0.3) is 0 Å². The molecule has 1 atom stereocenters. The van der Waals surface area contributed by atoms with Gasteiger partial charge in [0.2, 0.25) is 0 Å². The van der Waals surface area contributed by atoms with Crippen molar-refractivity contribution in [3.8, 4) is 0 Å². The summed E-state index contributed by atoms with van der Waals surface area (Å²) in [6, 6.07) is 0. The molecular weight excluding hydrogens is 122 g/mol. The van der Waals surface area contributed by atoms with Gasteiger partial charge in [-0.15, -0.1) is 0 Å². The molecule has 1 N–H and O–H groups in total. The van der Waals surface area contributed by atoms with Gasteiger partial charge >= 0.3 is 0 Å². The zero-order chi connectivity index (χ0) is 8.20. The highest BCUT2D eigenvalue weighted by atomic mass is 14.8. The first-order valence-corrected chi connectivity index (χ1v) is 3.82. The van der Waals surface area contributed by atoms with Crippen LogP contribution in [0.15, 0.2) is 12.3 Å². The van der Waals surface area contributed by atoms with Crippen LogP contribution in [-0.4, -0.2) is 7.05 Å². The Morgan fingerprint density at radius 3 is 2.10 bits per heavy atom. The minimum absolute atomic E-state index is 0.382. The van der Waals surface area contributed by atoms with E-state index in [1.807, 2.05) is 13.2 Å². The van der Waals surface area contributed by atoms with E-state index in [0.717, 1.165) is 0 Å². The highest BCUT2D eigenvalue weighted by Crippen LogP contribution is 2.25. The van der Waals surface area contributed by atoms with E-state index in [2.05, 4.69) is 39.1 Å². The van der Waals surface area contributed by atoms with E-state index in [1.165, 1.54) is 0 Å². The summed E-state index contributed by atoms with van der Waals surface area (Å²) in [6.45, 7) is 8.97. The van der Waals surface area contributed by atoms with Crippen LogP contribution >= 0.6 is 0 Å². The normalized spacial score (nSPS) is 15.7. The van der Waals surface area contributed by atoms with Gasteiger partial charge in [-0.2, -0.15) is 0 Å². The zero-order valence-corrected chi connectivity index (χ0v) is 7.73. The fourth-order valence-corrected chi connectivity index (χ4v) is 0.529. The van der Waals surface area contributed by atoms with E-state index in [9.17, 15) is 0 Å². The second-order valence-electron chi connectivity index (χ2n) is 3.80. The Hall–Kier alpha value is -0.460. The Kier molecular flexibility index (Phi) is 3.48. The highest BCUT2D eigenvalue weighted by Gasteiger charge is 2.16. The molecule has 1 nitrogen and oxygen atoms in total. The largest absolute Gasteiger partial charge is 0.394 e. The van der Waals surface area contributed by atoms with Gasteiger partial charge in [0.1, 0.15) is 0 Å². The van der Waals surface area contributed by atoms with Gasteiger partial charge in [-0.3, -0.25) is 0 Å². The number of nitrogens with one attached hydrogen (secondary N) is 1. The summed E-state index contributed by atoms with van der Waals surface area (Å²) in [5, 5.41) is 2.99. The van der Waals surface area contributed by atoms with Crippen LogP contribution in [0.1, 0.15) is 27.7 Å². The third kappa shape index (κ3) is 3.54. The molecule has 0 aromatic heterocycles. The van der Waals surface area contributed by atoms with Gasteiger partial charge in [-0.25, -0.2) is 0 Å². The molecule has 60 valence electrons. The quantitative estimate of drug-likeness (QED) is 0.622. The molecule has 0 radical (unpaired) electrons. The first-order chi connectivity index (χ1) is 4.48. The fourth-order valence-electron chi connectivity index (χ4n) is 0.529. The lowest BCUT2D eigenvalue weighted by Gasteiger charge is -2.23. The van der Waals surface area contributed by atoms with Crippen molar-refractivity contribution in [2.75, 3.05) is 7.05 Å². The maximum Gasteiger partial charge on any atom is 0.00276 e. The van der Waals surface area contributed by atoms with Crippen molar-refractivity contribution in [3.63, 3.8) is 0 Å². The van der Waals surface area contributed by atoms with Crippen molar-refractivity contribution < 1.29 is 0 Å².